The van der Waals surface area contributed by atoms with Crippen molar-refractivity contribution >= 4 is 28.3 Å². The smallest absolute Gasteiger partial charge is 0.362 e. The summed E-state index contributed by atoms with van der Waals surface area (Å²) in [5.41, 5.74) is 1.11. The zero-order chi connectivity index (χ0) is 15.7. The Labute approximate surface area is 128 Å². The lowest BCUT2D eigenvalue weighted by molar-refractivity contribution is -0.118. The summed E-state index contributed by atoms with van der Waals surface area (Å²) in [7, 11) is 0. The topological polar surface area (TPSA) is 62.6 Å². The Morgan fingerprint density at radius 3 is 2.59 bits per heavy atom. The zero-order valence-corrected chi connectivity index (χ0v) is 12.9. The van der Waals surface area contributed by atoms with Gasteiger partial charge in [-0.2, -0.15) is 0 Å². The lowest BCUT2D eigenvalue weighted by Gasteiger charge is -2.22. The van der Waals surface area contributed by atoms with Gasteiger partial charge >= 0.3 is 5.63 Å². The second-order valence-corrected chi connectivity index (χ2v) is 5.95. The molecule has 0 atom stereocenters. The standard InChI is InChI=1S/C17H20N2O3/c1-11(2)16(20)18-14-15(19-9-5-6-10-19)12-7-3-4-8-13(12)22-17(14)21/h3-4,7-8,11H,5-6,9-10H2,1-2H3,(H,18,20). The first-order valence-corrected chi connectivity index (χ1v) is 7.69. The van der Waals surface area contributed by atoms with E-state index in [1.807, 2.05) is 18.2 Å². The fraction of sp³-hybridized carbons (Fsp3) is 0.412. The molecular weight excluding hydrogens is 280 g/mol. The molecule has 22 heavy (non-hydrogen) atoms. The van der Waals surface area contributed by atoms with E-state index in [1.165, 1.54) is 0 Å². The van der Waals surface area contributed by atoms with E-state index in [0.717, 1.165) is 37.0 Å². The van der Waals surface area contributed by atoms with E-state index in [1.54, 1.807) is 19.9 Å². The van der Waals surface area contributed by atoms with Gasteiger partial charge < -0.3 is 14.6 Å². The lowest BCUT2D eigenvalue weighted by atomic mass is 10.1. The zero-order valence-electron chi connectivity index (χ0n) is 12.9. The molecule has 3 rings (SSSR count). The van der Waals surface area contributed by atoms with E-state index in [0.29, 0.717) is 5.58 Å². The van der Waals surface area contributed by atoms with Crippen LogP contribution >= 0.6 is 0 Å². The number of carbonyl (C=O) groups is 1. The van der Waals surface area contributed by atoms with Crippen LogP contribution in [0, 0.1) is 5.92 Å². The molecular formula is C17H20N2O3. The molecule has 1 aliphatic rings. The van der Waals surface area contributed by atoms with E-state index in [2.05, 4.69) is 10.2 Å². The maximum Gasteiger partial charge on any atom is 0.362 e. The first-order valence-electron chi connectivity index (χ1n) is 7.69. The summed E-state index contributed by atoms with van der Waals surface area (Å²) < 4.78 is 5.38. The lowest BCUT2D eigenvalue weighted by Crippen LogP contribution is -2.27. The molecule has 1 amide bonds. The van der Waals surface area contributed by atoms with Crippen LogP contribution in [0.2, 0.25) is 0 Å². The Morgan fingerprint density at radius 1 is 1.23 bits per heavy atom. The maximum absolute atomic E-state index is 12.4. The van der Waals surface area contributed by atoms with Gasteiger partial charge in [0.1, 0.15) is 5.58 Å². The molecule has 0 saturated carbocycles. The molecule has 0 unspecified atom stereocenters. The molecule has 1 fully saturated rings. The second-order valence-electron chi connectivity index (χ2n) is 5.95. The predicted octanol–water partition coefficient (Wildman–Crippen LogP) is 2.99. The fourth-order valence-corrected chi connectivity index (χ4v) is 2.78. The molecule has 2 aromatic rings. The van der Waals surface area contributed by atoms with Gasteiger partial charge in [0, 0.05) is 24.4 Å². The highest BCUT2D eigenvalue weighted by atomic mass is 16.4. The highest BCUT2D eigenvalue weighted by molar-refractivity contribution is 6.03. The molecule has 0 aliphatic carbocycles. The number of anilines is 2. The summed E-state index contributed by atoms with van der Waals surface area (Å²) in [6, 6.07) is 7.46. The highest BCUT2D eigenvalue weighted by Crippen LogP contribution is 2.34. The number of rotatable bonds is 3. The number of nitrogens with zero attached hydrogens (tertiary/aromatic N) is 1. The molecule has 1 aromatic heterocycles. The molecule has 1 aromatic carbocycles. The molecule has 0 bridgehead atoms. The van der Waals surface area contributed by atoms with Crippen LogP contribution in [-0.2, 0) is 4.79 Å². The minimum Gasteiger partial charge on any atom is -0.421 e. The molecule has 5 nitrogen and oxygen atoms in total. The van der Waals surface area contributed by atoms with Crippen LogP contribution in [0.5, 0.6) is 0 Å². The largest absolute Gasteiger partial charge is 0.421 e. The Hall–Kier alpha value is -2.30. The molecule has 0 radical (unpaired) electrons. The van der Waals surface area contributed by atoms with Crippen LogP contribution in [0.25, 0.3) is 11.0 Å². The normalized spacial score (nSPS) is 14.8. The third kappa shape index (κ3) is 2.58. The number of hydrogen-bond donors (Lipinski definition) is 1. The number of amides is 1. The average molecular weight is 300 g/mol. The summed E-state index contributed by atoms with van der Waals surface area (Å²) in [5, 5.41) is 3.62. The summed E-state index contributed by atoms with van der Waals surface area (Å²) in [5.74, 6) is -0.375. The van der Waals surface area contributed by atoms with Gasteiger partial charge in [-0.25, -0.2) is 4.79 Å². The maximum atomic E-state index is 12.4. The Balaban J connectivity index is 2.20. The third-order valence-electron chi connectivity index (χ3n) is 3.98. The van der Waals surface area contributed by atoms with Crippen molar-refractivity contribution in [3.63, 3.8) is 0 Å². The van der Waals surface area contributed by atoms with Crippen LogP contribution < -0.4 is 15.8 Å². The van der Waals surface area contributed by atoms with Crippen molar-refractivity contribution in [1.82, 2.24) is 0 Å². The molecule has 1 N–H and O–H groups in total. The van der Waals surface area contributed by atoms with Crippen molar-refractivity contribution < 1.29 is 9.21 Å². The van der Waals surface area contributed by atoms with E-state index in [-0.39, 0.29) is 17.5 Å². The molecule has 0 spiro atoms. The summed E-state index contributed by atoms with van der Waals surface area (Å²) >= 11 is 0. The van der Waals surface area contributed by atoms with Gasteiger partial charge in [-0.15, -0.1) is 0 Å². The molecule has 116 valence electrons. The van der Waals surface area contributed by atoms with Crippen LogP contribution in [0.3, 0.4) is 0 Å². The third-order valence-corrected chi connectivity index (χ3v) is 3.98. The fourth-order valence-electron chi connectivity index (χ4n) is 2.78. The van der Waals surface area contributed by atoms with Gasteiger partial charge in [0.25, 0.3) is 0 Å². The SMILES string of the molecule is CC(C)C(=O)Nc1c(N2CCCC2)c2ccccc2oc1=O. The number of benzene rings is 1. The predicted molar refractivity (Wildman–Crippen MR) is 87.4 cm³/mol. The van der Waals surface area contributed by atoms with E-state index >= 15 is 0 Å². The minimum absolute atomic E-state index is 0.178. The number of fused-ring (bicyclic) bond motifs is 1. The molecule has 1 aliphatic heterocycles. The summed E-state index contributed by atoms with van der Waals surface area (Å²) in [6.07, 6.45) is 2.18. The Bertz CT molecular complexity index is 758. The van der Waals surface area contributed by atoms with E-state index in [9.17, 15) is 9.59 Å². The van der Waals surface area contributed by atoms with Crippen LogP contribution in [0.15, 0.2) is 33.5 Å². The highest BCUT2D eigenvalue weighted by Gasteiger charge is 2.24. The molecule has 5 heteroatoms. The molecule has 1 saturated heterocycles. The van der Waals surface area contributed by atoms with Crippen molar-refractivity contribution in [1.29, 1.82) is 0 Å². The van der Waals surface area contributed by atoms with Gasteiger partial charge in [-0.05, 0) is 25.0 Å². The van der Waals surface area contributed by atoms with Crippen molar-refractivity contribution in [3.05, 3.63) is 34.7 Å². The van der Waals surface area contributed by atoms with Crippen LogP contribution in [0.1, 0.15) is 26.7 Å². The van der Waals surface area contributed by atoms with Crippen molar-refractivity contribution in [3.8, 4) is 0 Å². The Morgan fingerprint density at radius 2 is 1.91 bits per heavy atom. The van der Waals surface area contributed by atoms with Crippen molar-refractivity contribution in [2.45, 2.75) is 26.7 Å². The van der Waals surface area contributed by atoms with Gasteiger partial charge in [-0.3, -0.25) is 4.79 Å². The second kappa shape index (κ2) is 5.83. The Kier molecular flexibility index (Phi) is 3.88. The van der Waals surface area contributed by atoms with Crippen LogP contribution in [0.4, 0.5) is 11.4 Å². The van der Waals surface area contributed by atoms with Crippen molar-refractivity contribution in [2.24, 2.45) is 5.92 Å². The number of para-hydroxylation sites is 1. The van der Waals surface area contributed by atoms with Gasteiger partial charge in [0.15, 0.2) is 5.69 Å². The monoisotopic (exact) mass is 300 g/mol. The number of hydrogen-bond acceptors (Lipinski definition) is 4. The quantitative estimate of drug-likeness (QED) is 0.885. The van der Waals surface area contributed by atoms with Crippen molar-refractivity contribution in [2.75, 3.05) is 23.3 Å². The van der Waals surface area contributed by atoms with E-state index in [4.69, 9.17) is 4.42 Å². The van der Waals surface area contributed by atoms with Gasteiger partial charge in [0.05, 0.1) is 5.69 Å². The first kappa shape index (κ1) is 14.6. The number of nitrogens with one attached hydrogen (secondary N) is 1. The minimum atomic E-state index is -0.491. The molecule has 2 heterocycles. The summed E-state index contributed by atoms with van der Waals surface area (Å²) in [6.45, 7) is 5.37. The van der Waals surface area contributed by atoms with E-state index < -0.39 is 5.63 Å². The van der Waals surface area contributed by atoms with Crippen LogP contribution in [-0.4, -0.2) is 19.0 Å². The summed E-state index contributed by atoms with van der Waals surface area (Å²) in [4.78, 5) is 26.6. The van der Waals surface area contributed by atoms with Gasteiger partial charge in [-0.1, -0.05) is 26.0 Å². The number of carbonyl (C=O) groups excluding carboxylic acids is 1. The van der Waals surface area contributed by atoms with Gasteiger partial charge in [0.2, 0.25) is 5.91 Å². The average Bonchev–Trinajstić information content (AvgIpc) is 3.01. The first-order chi connectivity index (χ1) is 10.6.